The molecule has 0 saturated carbocycles. The van der Waals surface area contributed by atoms with Crippen LogP contribution in [-0.2, 0) is 13.0 Å². The Bertz CT molecular complexity index is 557. The lowest BCUT2D eigenvalue weighted by Crippen LogP contribution is -1.95. The first kappa shape index (κ1) is 12.5. The third kappa shape index (κ3) is 3.51. The van der Waals surface area contributed by atoms with Crippen LogP contribution in [0.15, 0.2) is 48.5 Å². The van der Waals surface area contributed by atoms with E-state index in [1.807, 2.05) is 48.5 Å². The van der Waals surface area contributed by atoms with Gasteiger partial charge in [0.25, 0.3) is 0 Å². The fourth-order valence-electron chi connectivity index (χ4n) is 1.59. The molecule has 0 fully saturated rings. The summed E-state index contributed by atoms with van der Waals surface area (Å²) >= 11 is 5.90. The molecule has 0 saturated heterocycles. The maximum atomic E-state index is 8.57. The van der Waals surface area contributed by atoms with Crippen LogP contribution in [0.5, 0.6) is 5.75 Å². The van der Waals surface area contributed by atoms with Crippen LogP contribution in [0.25, 0.3) is 0 Å². The first-order valence-electron chi connectivity index (χ1n) is 5.61. The third-order valence-electron chi connectivity index (χ3n) is 2.50. The van der Waals surface area contributed by atoms with E-state index in [2.05, 4.69) is 6.07 Å². The normalized spacial score (nSPS) is 9.78. The molecular formula is C15H12ClNO. The number of hydrogen-bond donors (Lipinski definition) is 0. The zero-order valence-electron chi connectivity index (χ0n) is 9.77. The standard InChI is InChI=1S/C15H12ClNO/c16-14-3-1-2-13(10-14)11-18-15-6-4-12(5-7-15)8-9-17/h1-7,10H,8,11H2. The summed E-state index contributed by atoms with van der Waals surface area (Å²) in [4.78, 5) is 0. The minimum absolute atomic E-state index is 0.425. The van der Waals surface area contributed by atoms with Crippen molar-refractivity contribution >= 4 is 11.6 Å². The lowest BCUT2D eigenvalue weighted by Gasteiger charge is -2.07. The lowest BCUT2D eigenvalue weighted by molar-refractivity contribution is 0.306. The summed E-state index contributed by atoms with van der Waals surface area (Å²) in [6, 6.07) is 17.2. The summed E-state index contributed by atoms with van der Waals surface area (Å²) in [5.74, 6) is 0.789. The van der Waals surface area contributed by atoms with Gasteiger partial charge in [-0.15, -0.1) is 0 Å². The Hall–Kier alpha value is -1.98. The molecule has 0 aliphatic carbocycles. The van der Waals surface area contributed by atoms with E-state index in [9.17, 15) is 0 Å². The van der Waals surface area contributed by atoms with Gasteiger partial charge in [-0.25, -0.2) is 0 Å². The van der Waals surface area contributed by atoms with Crippen molar-refractivity contribution in [3.05, 3.63) is 64.7 Å². The predicted molar refractivity (Wildman–Crippen MR) is 71.5 cm³/mol. The monoisotopic (exact) mass is 257 g/mol. The molecule has 0 aromatic heterocycles. The van der Waals surface area contributed by atoms with Gasteiger partial charge in [0.1, 0.15) is 12.4 Å². The van der Waals surface area contributed by atoms with Gasteiger partial charge in [-0.2, -0.15) is 5.26 Å². The SMILES string of the molecule is N#CCc1ccc(OCc2cccc(Cl)c2)cc1. The fraction of sp³-hybridized carbons (Fsp3) is 0.133. The van der Waals surface area contributed by atoms with Crippen molar-refractivity contribution in [2.75, 3.05) is 0 Å². The van der Waals surface area contributed by atoms with Crippen LogP contribution in [-0.4, -0.2) is 0 Å². The molecule has 2 aromatic carbocycles. The Morgan fingerprint density at radius 3 is 2.50 bits per heavy atom. The summed E-state index contributed by atoms with van der Waals surface area (Å²) < 4.78 is 5.64. The van der Waals surface area contributed by atoms with Crippen LogP contribution in [0.4, 0.5) is 0 Å². The van der Waals surface area contributed by atoms with Crippen molar-refractivity contribution in [2.24, 2.45) is 0 Å². The van der Waals surface area contributed by atoms with E-state index in [0.29, 0.717) is 18.1 Å². The molecule has 0 aliphatic heterocycles. The largest absolute Gasteiger partial charge is 0.489 e. The molecule has 90 valence electrons. The highest BCUT2D eigenvalue weighted by molar-refractivity contribution is 6.30. The first-order valence-corrected chi connectivity index (χ1v) is 5.99. The Morgan fingerprint density at radius 2 is 1.83 bits per heavy atom. The van der Waals surface area contributed by atoms with Crippen LogP contribution < -0.4 is 4.74 Å². The Kier molecular flexibility index (Phi) is 4.22. The number of nitriles is 1. The van der Waals surface area contributed by atoms with Crippen LogP contribution in [0.3, 0.4) is 0 Å². The number of rotatable bonds is 4. The van der Waals surface area contributed by atoms with Gasteiger partial charge in [-0.1, -0.05) is 35.9 Å². The van der Waals surface area contributed by atoms with E-state index >= 15 is 0 Å². The van der Waals surface area contributed by atoms with Crippen molar-refractivity contribution < 1.29 is 4.74 Å². The van der Waals surface area contributed by atoms with Crippen LogP contribution in [0.1, 0.15) is 11.1 Å². The molecule has 0 atom stereocenters. The van der Waals surface area contributed by atoms with Gasteiger partial charge in [0.15, 0.2) is 0 Å². The Balaban J connectivity index is 1.96. The Morgan fingerprint density at radius 1 is 1.06 bits per heavy atom. The third-order valence-corrected chi connectivity index (χ3v) is 2.74. The molecule has 0 bridgehead atoms. The van der Waals surface area contributed by atoms with Crippen molar-refractivity contribution in [1.29, 1.82) is 5.26 Å². The van der Waals surface area contributed by atoms with Gasteiger partial charge in [0.05, 0.1) is 12.5 Å². The number of nitrogens with zero attached hydrogens (tertiary/aromatic N) is 1. The summed E-state index contributed by atoms with van der Waals surface area (Å²) in [5.41, 5.74) is 2.02. The van der Waals surface area contributed by atoms with E-state index in [1.54, 1.807) is 0 Å². The van der Waals surface area contributed by atoms with Gasteiger partial charge in [0.2, 0.25) is 0 Å². The molecule has 2 aromatic rings. The first-order chi connectivity index (χ1) is 8.78. The van der Waals surface area contributed by atoms with Crippen LogP contribution in [0.2, 0.25) is 5.02 Å². The molecule has 0 aliphatic rings. The second kappa shape index (κ2) is 6.09. The number of benzene rings is 2. The van der Waals surface area contributed by atoms with Gasteiger partial charge in [-0.05, 0) is 35.4 Å². The maximum absolute atomic E-state index is 8.57. The van der Waals surface area contributed by atoms with Crippen molar-refractivity contribution in [1.82, 2.24) is 0 Å². The van der Waals surface area contributed by atoms with Crippen LogP contribution in [0, 0.1) is 11.3 Å². The second-order valence-corrected chi connectivity index (χ2v) is 4.33. The molecule has 0 unspecified atom stereocenters. The van der Waals surface area contributed by atoms with E-state index < -0.39 is 0 Å². The summed E-state index contributed by atoms with van der Waals surface area (Å²) in [5, 5.41) is 9.28. The highest BCUT2D eigenvalue weighted by Crippen LogP contribution is 2.16. The van der Waals surface area contributed by atoms with Crippen LogP contribution >= 0.6 is 11.6 Å². The quantitative estimate of drug-likeness (QED) is 0.830. The molecular weight excluding hydrogens is 246 g/mol. The van der Waals surface area contributed by atoms with E-state index in [0.717, 1.165) is 16.9 Å². The zero-order valence-corrected chi connectivity index (χ0v) is 10.5. The van der Waals surface area contributed by atoms with Gasteiger partial charge >= 0.3 is 0 Å². The molecule has 0 N–H and O–H groups in total. The fourth-order valence-corrected chi connectivity index (χ4v) is 1.80. The molecule has 0 spiro atoms. The molecule has 0 radical (unpaired) electrons. The maximum Gasteiger partial charge on any atom is 0.119 e. The summed E-state index contributed by atoms with van der Waals surface area (Å²) in [7, 11) is 0. The molecule has 3 heteroatoms. The molecule has 18 heavy (non-hydrogen) atoms. The summed E-state index contributed by atoms with van der Waals surface area (Å²) in [6.07, 6.45) is 0.425. The average Bonchev–Trinajstić information content (AvgIpc) is 2.38. The minimum atomic E-state index is 0.425. The molecule has 0 amide bonds. The topological polar surface area (TPSA) is 33.0 Å². The van der Waals surface area contributed by atoms with Gasteiger partial charge in [-0.3, -0.25) is 0 Å². The second-order valence-electron chi connectivity index (χ2n) is 3.90. The van der Waals surface area contributed by atoms with E-state index in [4.69, 9.17) is 21.6 Å². The highest BCUT2D eigenvalue weighted by atomic mass is 35.5. The molecule has 0 heterocycles. The van der Waals surface area contributed by atoms with Crippen molar-refractivity contribution in [3.63, 3.8) is 0 Å². The number of halogens is 1. The average molecular weight is 258 g/mol. The number of ether oxygens (including phenoxy) is 1. The van der Waals surface area contributed by atoms with E-state index in [1.165, 1.54) is 0 Å². The Labute approximate surface area is 111 Å². The zero-order chi connectivity index (χ0) is 12.8. The van der Waals surface area contributed by atoms with E-state index in [-0.39, 0.29) is 0 Å². The predicted octanol–water partition coefficient (Wildman–Crippen LogP) is 3.99. The smallest absolute Gasteiger partial charge is 0.119 e. The van der Waals surface area contributed by atoms with Crippen molar-refractivity contribution in [2.45, 2.75) is 13.0 Å². The lowest BCUT2D eigenvalue weighted by atomic mass is 10.2. The number of hydrogen-bond acceptors (Lipinski definition) is 2. The molecule has 2 rings (SSSR count). The highest BCUT2D eigenvalue weighted by Gasteiger charge is 1.98. The van der Waals surface area contributed by atoms with Gasteiger partial charge in [0, 0.05) is 5.02 Å². The summed E-state index contributed by atoms with van der Waals surface area (Å²) in [6.45, 7) is 0.484. The van der Waals surface area contributed by atoms with Crippen molar-refractivity contribution in [3.8, 4) is 11.8 Å². The molecule has 2 nitrogen and oxygen atoms in total. The van der Waals surface area contributed by atoms with Gasteiger partial charge < -0.3 is 4.74 Å². The minimum Gasteiger partial charge on any atom is -0.489 e.